The fourth-order valence-corrected chi connectivity index (χ4v) is 2.53. The van der Waals surface area contributed by atoms with Crippen LogP contribution in [0.25, 0.3) is 5.65 Å². The monoisotopic (exact) mass is 299 g/mol. The summed E-state index contributed by atoms with van der Waals surface area (Å²) in [7, 11) is 0. The standard InChI is InChI=1S/C15H14ClN5/c16-13-5-6-17-15(20-13)18-7-12-9-21-8-11(10-1-2-10)3-4-14(21)19-12/h3-6,8-10H,1-2,7H2,(H,17,18,20). The van der Waals surface area contributed by atoms with E-state index in [4.69, 9.17) is 11.6 Å². The van der Waals surface area contributed by atoms with E-state index >= 15 is 0 Å². The van der Waals surface area contributed by atoms with Gasteiger partial charge in [0, 0.05) is 18.6 Å². The summed E-state index contributed by atoms with van der Waals surface area (Å²) < 4.78 is 2.09. The van der Waals surface area contributed by atoms with Gasteiger partial charge in [0.15, 0.2) is 0 Å². The first kappa shape index (κ1) is 12.6. The Bertz CT molecular complexity index is 794. The number of hydrogen-bond acceptors (Lipinski definition) is 4. The quantitative estimate of drug-likeness (QED) is 0.751. The molecule has 0 radical (unpaired) electrons. The van der Waals surface area contributed by atoms with E-state index in [1.807, 2.05) is 6.20 Å². The molecule has 5 nitrogen and oxygen atoms in total. The van der Waals surface area contributed by atoms with Crippen LogP contribution >= 0.6 is 11.6 Å². The van der Waals surface area contributed by atoms with E-state index in [1.54, 1.807) is 12.3 Å². The number of fused-ring (bicyclic) bond motifs is 1. The fraction of sp³-hybridized carbons (Fsp3) is 0.267. The van der Waals surface area contributed by atoms with Crippen molar-refractivity contribution in [2.45, 2.75) is 25.3 Å². The molecule has 0 atom stereocenters. The van der Waals surface area contributed by atoms with Crippen molar-refractivity contribution in [3.05, 3.63) is 53.2 Å². The summed E-state index contributed by atoms with van der Waals surface area (Å²) >= 11 is 5.83. The Hall–Kier alpha value is -2.14. The third-order valence-corrected chi connectivity index (χ3v) is 3.83. The number of imidazole rings is 1. The van der Waals surface area contributed by atoms with Gasteiger partial charge < -0.3 is 9.72 Å². The van der Waals surface area contributed by atoms with Crippen molar-refractivity contribution >= 4 is 23.2 Å². The smallest absolute Gasteiger partial charge is 0.224 e. The molecule has 0 spiro atoms. The number of nitrogens with zero attached hydrogens (tertiary/aromatic N) is 4. The minimum absolute atomic E-state index is 0.427. The molecule has 6 heteroatoms. The van der Waals surface area contributed by atoms with E-state index in [0.29, 0.717) is 17.6 Å². The molecule has 4 rings (SSSR count). The molecule has 0 amide bonds. The zero-order chi connectivity index (χ0) is 14.2. The Morgan fingerprint density at radius 1 is 1.19 bits per heavy atom. The molecule has 1 saturated carbocycles. The maximum Gasteiger partial charge on any atom is 0.224 e. The molecule has 1 N–H and O–H groups in total. The number of hydrogen-bond donors (Lipinski definition) is 1. The summed E-state index contributed by atoms with van der Waals surface area (Å²) in [4.78, 5) is 12.8. The van der Waals surface area contributed by atoms with Crippen molar-refractivity contribution in [1.82, 2.24) is 19.4 Å². The number of halogens is 1. The minimum atomic E-state index is 0.427. The summed E-state index contributed by atoms with van der Waals surface area (Å²) in [6.07, 6.45) is 8.46. The van der Waals surface area contributed by atoms with Gasteiger partial charge in [0.25, 0.3) is 0 Å². The van der Waals surface area contributed by atoms with E-state index in [1.165, 1.54) is 18.4 Å². The fourth-order valence-electron chi connectivity index (χ4n) is 2.40. The second kappa shape index (κ2) is 5.00. The van der Waals surface area contributed by atoms with Crippen LogP contribution in [-0.2, 0) is 6.54 Å². The van der Waals surface area contributed by atoms with Crippen LogP contribution in [0, 0.1) is 0 Å². The van der Waals surface area contributed by atoms with Crippen molar-refractivity contribution in [3.8, 4) is 0 Å². The molecular formula is C15H14ClN5. The highest BCUT2D eigenvalue weighted by Gasteiger charge is 2.23. The Labute approximate surface area is 127 Å². The third-order valence-electron chi connectivity index (χ3n) is 3.62. The van der Waals surface area contributed by atoms with Crippen LogP contribution < -0.4 is 5.32 Å². The van der Waals surface area contributed by atoms with Gasteiger partial charge in [-0.05, 0) is 36.5 Å². The number of rotatable bonds is 4. The SMILES string of the molecule is Clc1ccnc(NCc2cn3cc(C4CC4)ccc3n2)n1. The van der Waals surface area contributed by atoms with Gasteiger partial charge >= 0.3 is 0 Å². The Balaban J connectivity index is 1.53. The van der Waals surface area contributed by atoms with Crippen molar-refractivity contribution in [1.29, 1.82) is 0 Å². The lowest BCUT2D eigenvalue weighted by molar-refractivity contribution is 1.02. The number of pyridine rings is 1. The average Bonchev–Trinajstić information content (AvgIpc) is 3.25. The first-order chi connectivity index (χ1) is 10.3. The molecule has 21 heavy (non-hydrogen) atoms. The largest absolute Gasteiger partial charge is 0.348 e. The zero-order valence-corrected chi connectivity index (χ0v) is 12.1. The number of nitrogens with one attached hydrogen (secondary N) is 1. The van der Waals surface area contributed by atoms with Gasteiger partial charge in [0.05, 0.1) is 12.2 Å². The molecule has 0 bridgehead atoms. The second-order valence-corrected chi connectivity index (χ2v) is 5.68. The summed E-state index contributed by atoms with van der Waals surface area (Å²) in [5.41, 5.74) is 3.31. The molecule has 3 aromatic rings. The lowest BCUT2D eigenvalue weighted by Crippen LogP contribution is -2.03. The molecule has 3 heterocycles. The Kier molecular flexibility index (Phi) is 3.00. The van der Waals surface area contributed by atoms with Crippen LogP contribution in [0.4, 0.5) is 5.95 Å². The maximum atomic E-state index is 5.83. The van der Waals surface area contributed by atoms with Gasteiger partial charge in [-0.15, -0.1) is 0 Å². The maximum absolute atomic E-state index is 5.83. The highest BCUT2D eigenvalue weighted by molar-refractivity contribution is 6.29. The molecule has 1 fully saturated rings. The van der Waals surface area contributed by atoms with Crippen LogP contribution in [0.2, 0.25) is 5.15 Å². The molecule has 1 aliphatic rings. The minimum Gasteiger partial charge on any atom is -0.348 e. The summed E-state index contributed by atoms with van der Waals surface area (Å²) in [6.45, 7) is 0.570. The van der Waals surface area contributed by atoms with Gasteiger partial charge in [-0.2, -0.15) is 0 Å². The second-order valence-electron chi connectivity index (χ2n) is 5.29. The zero-order valence-electron chi connectivity index (χ0n) is 11.3. The van der Waals surface area contributed by atoms with Gasteiger partial charge in [-0.1, -0.05) is 17.7 Å². The lowest BCUT2D eigenvalue weighted by Gasteiger charge is -2.01. The van der Waals surface area contributed by atoms with Crippen LogP contribution in [0.5, 0.6) is 0 Å². The number of anilines is 1. The topological polar surface area (TPSA) is 55.1 Å². The third kappa shape index (κ3) is 2.69. The van der Waals surface area contributed by atoms with Crippen LogP contribution in [-0.4, -0.2) is 19.4 Å². The van der Waals surface area contributed by atoms with E-state index < -0.39 is 0 Å². The molecule has 3 aromatic heterocycles. The van der Waals surface area contributed by atoms with Gasteiger partial charge in [0.2, 0.25) is 5.95 Å². The molecule has 0 saturated heterocycles. The van der Waals surface area contributed by atoms with E-state index in [-0.39, 0.29) is 0 Å². The molecular weight excluding hydrogens is 286 g/mol. The van der Waals surface area contributed by atoms with Gasteiger partial charge in [-0.3, -0.25) is 0 Å². The molecule has 0 aromatic carbocycles. The average molecular weight is 300 g/mol. The van der Waals surface area contributed by atoms with Crippen molar-refractivity contribution in [2.75, 3.05) is 5.32 Å². The Morgan fingerprint density at radius 3 is 2.90 bits per heavy atom. The first-order valence-electron chi connectivity index (χ1n) is 6.98. The predicted molar refractivity (Wildman–Crippen MR) is 81.5 cm³/mol. The lowest BCUT2D eigenvalue weighted by atomic mass is 10.2. The number of aromatic nitrogens is 4. The van der Waals surface area contributed by atoms with Gasteiger partial charge in [-0.25, -0.2) is 15.0 Å². The first-order valence-corrected chi connectivity index (χ1v) is 7.36. The van der Waals surface area contributed by atoms with Crippen molar-refractivity contribution in [3.63, 3.8) is 0 Å². The molecule has 0 unspecified atom stereocenters. The van der Waals surface area contributed by atoms with Crippen LogP contribution in [0.3, 0.4) is 0 Å². The predicted octanol–water partition coefficient (Wildman–Crippen LogP) is 3.27. The summed E-state index contributed by atoms with van der Waals surface area (Å²) in [5, 5.41) is 3.56. The molecule has 106 valence electrons. The van der Waals surface area contributed by atoms with Crippen LogP contribution in [0.1, 0.15) is 30.0 Å². The molecule has 1 aliphatic carbocycles. The summed E-state index contributed by atoms with van der Waals surface area (Å²) in [5.74, 6) is 1.26. The highest BCUT2D eigenvalue weighted by Crippen LogP contribution is 2.39. The van der Waals surface area contributed by atoms with E-state index in [2.05, 4.69) is 43.0 Å². The van der Waals surface area contributed by atoms with Crippen molar-refractivity contribution in [2.24, 2.45) is 0 Å². The molecule has 0 aliphatic heterocycles. The van der Waals surface area contributed by atoms with E-state index in [0.717, 1.165) is 17.3 Å². The highest BCUT2D eigenvalue weighted by atomic mass is 35.5. The normalized spacial score (nSPS) is 14.5. The summed E-state index contributed by atoms with van der Waals surface area (Å²) in [6, 6.07) is 5.90. The Morgan fingerprint density at radius 2 is 2.10 bits per heavy atom. The van der Waals surface area contributed by atoms with Crippen LogP contribution in [0.15, 0.2) is 36.8 Å². The van der Waals surface area contributed by atoms with Crippen molar-refractivity contribution < 1.29 is 0 Å². The van der Waals surface area contributed by atoms with Gasteiger partial charge in [0.1, 0.15) is 10.8 Å². The van der Waals surface area contributed by atoms with E-state index in [9.17, 15) is 0 Å².